The number of carboxylic acid groups (broad SMARTS) is 1. The van der Waals surface area contributed by atoms with Gasteiger partial charge in [0, 0.05) is 0 Å². The van der Waals surface area contributed by atoms with Crippen LogP contribution in [0.1, 0.15) is 15.9 Å². The lowest BCUT2D eigenvalue weighted by Crippen LogP contribution is -2.14. The van der Waals surface area contributed by atoms with Gasteiger partial charge in [-0.2, -0.15) is 0 Å². The van der Waals surface area contributed by atoms with Crippen LogP contribution >= 0.6 is 11.3 Å². The van der Waals surface area contributed by atoms with Gasteiger partial charge in [-0.15, -0.1) is 11.3 Å². The second-order valence-corrected chi connectivity index (χ2v) is 6.79. The van der Waals surface area contributed by atoms with Crippen molar-refractivity contribution >= 4 is 33.0 Å². The molecular formula is C12H10FNO4S2. The lowest BCUT2D eigenvalue weighted by Gasteiger charge is -2.08. The normalized spacial score (nSPS) is 11.3. The van der Waals surface area contributed by atoms with E-state index >= 15 is 0 Å². The largest absolute Gasteiger partial charge is 0.478 e. The van der Waals surface area contributed by atoms with Crippen LogP contribution in [0.4, 0.5) is 10.1 Å². The molecule has 0 unspecified atom stereocenters. The third-order valence-electron chi connectivity index (χ3n) is 2.52. The topological polar surface area (TPSA) is 83.5 Å². The van der Waals surface area contributed by atoms with E-state index in [1.54, 1.807) is 18.4 Å². The van der Waals surface area contributed by atoms with Crippen LogP contribution in [0.2, 0.25) is 0 Å². The highest BCUT2D eigenvalue weighted by Crippen LogP contribution is 2.25. The molecule has 8 heteroatoms. The van der Waals surface area contributed by atoms with Crippen LogP contribution in [-0.4, -0.2) is 19.5 Å². The Bertz CT molecular complexity index is 768. The predicted molar refractivity (Wildman–Crippen MR) is 73.2 cm³/mol. The Hall–Kier alpha value is -1.93. The molecule has 2 aromatic rings. The van der Waals surface area contributed by atoms with Crippen LogP contribution in [0.3, 0.4) is 0 Å². The summed E-state index contributed by atoms with van der Waals surface area (Å²) in [6.45, 7) is 1.63. The van der Waals surface area contributed by atoms with Gasteiger partial charge in [0.25, 0.3) is 10.0 Å². The van der Waals surface area contributed by atoms with Crippen LogP contribution in [0.15, 0.2) is 33.9 Å². The summed E-state index contributed by atoms with van der Waals surface area (Å²) in [5.74, 6) is -2.23. The van der Waals surface area contributed by atoms with Crippen molar-refractivity contribution in [3.05, 3.63) is 46.6 Å². The van der Waals surface area contributed by atoms with E-state index in [1.165, 1.54) is 0 Å². The number of hydrogen-bond donors (Lipinski definition) is 2. The van der Waals surface area contributed by atoms with Gasteiger partial charge in [-0.25, -0.2) is 17.6 Å². The first-order chi connectivity index (χ1) is 9.31. The quantitative estimate of drug-likeness (QED) is 0.908. The number of halogens is 1. The number of nitrogens with one attached hydrogen (secondary N) is 1. The fraction of sp³-hybridized carbons (Fsp3) is 0.0833. The molecule has 106 valence electrons. The summed E-state index contributed by atoms with van der Waals surface area (Å²) in [5.41, 5.74) is 0.0191. The van der Waals surface area contributed by atoms with E-state index < -0.39 is 21.8 Å². The number of thiophene rings is 1. The van der Waals surface area contributed by atoms with E-state index in [9.17, 15) is 17.6 Å². The summed E-state index contributed by atoms with van der Waals surface area (Å²) >= 11 is 1.02. The Kier molecular flexibility index (Phi) is 3.78. The molecule has 0 aliphatic rings. The number of carbonyl (C=O) groups is 1. The van der Waals surface area contributed by atoms with Gasteiger partial charge < -0.3 is 5.11 Å². The van der Waals surface area contributed by atoms with Crippen molar-refractivity contribution in [2.45, 2.75) is 11.1 Å². The molecule has 5 nitrogen and oxygen atoms in total. The Morgan fingerprint density at radius 1 is 1.35 bits per heavy atom. The van der Waals surface area contributed by atoms with Crippen LogP contribution in [0.25, 0.3) is 0 Å². The van der Waals surface area contributed by atoms with Gasteiger partial charge in [0.2, 0.25) is 0 Å². The van der Waals surface area contributed by atoms with Gasteiger partial charge >= 0.3 is 5.97 Å². The third kappa shape index (κ3) is 2.81. The number of aryl methyl sites for hydroxylation is 1. The minimum atomic E-state index is -3.88. The first kappa shape index (κ1) is 14.5. The summed E-state index contributed by atoms with van der Waals surface area (Å²) in [6, 6.07) is 4.62. The maximum Gasteiger partial charge on any atom is 0.335 e. The van der Waals surface area contributed by atoms with Crippen molar-refractivity contribution < 1.29 is 22.7 Å². The summed E-state index contributed by atoms with van der Waals surface area (Å²) in [6.07, 6.45) is 0. The predicted octanol–water partition coefficient (Wildman–Crippen LogP) is 2.69. The van der Waals surface area contributed by atoms with Crippen LogP contribution in [0, 0.1) is 12.7 Å². The van der Waals surface area contributed by atoms with Gasteiger partial charge in [-0.05, 0) is 42.1 Å². The maximum atomic E-state index is 13.7. The third-order valence-corrected chi connectivity index (χ3v) is 5.57. The first-order valence-corrected chi connectivity index (χ1v) is 7.77. The molecule has 0 spiro atoms. The van der Waals surface area contributed by atoms with E-state index in [1.807, 2.05) is 0 Å². The highest BCUT2D eigenvalue weighted by atomic mass is 32.2. The molecule has 2 N–H and O–H groups in total. The molecule has 0 fully saturated rings. The van der Waals surface area contributed by atoms with Crippen molar-refractivity contribution in [3.63, 3.8) is 0 Å². The number of sulfonamides is 1. The summed E-state index contributed by atoms with van der Waals surface area (Å²) < 4.78 is 40.0. The number of aromatic carboxylic acids is 1. The van der Waals surface area contributed by atoms with E-state index in [-0.39, 0.29) is 15.5 Å². The van der Waals surface area contributed by atoms with E-state index in [2.05, 4.69) is 4.72 Å². The van der Waals surface area contributed by atoms with Crippen LogP contribution in [0.5, 0.6) is 0 Å². The maximum absolute atomic E-state index is 13.7. The molecule has 0 saturated heterocycles. The fourth-order valence-corrected chi connectivity index (χ4v) is 4.04. The number of carboxylic acids is 1. The average Bonchev–Trinajstić information content (AvgIpc) is 2.78. The molecule has 0 aliphatic carbocycles. The highest BCUT2D eigenvalue weighted by Gasteiger charge is 2.20. The Balaban J connectivity index is 2.36. The smallest absolute Gasteiger partial charge is 0.335 e. The van der Waals surface area contributed by atoms with Gasteiger partial charge in [0.05, 0.1) is 11.3 Å². The van der Waals surface area contributed by atoms with Crippen molar-refractivity contribution in [1.29, 1.82) is 0 Å². The molecule has 0 amide bonds. The second-order valence-electron chi connectivity index (χ2n) is 4.00. The van der Waals surface area contributed by atoms with Crippen molar-refractivity contribution in [3.8, 4) is 0 Å². The summed E-state index contributed by atoms with van der Waals surface area (Å²) in [4.78, 5) is 10.7. The Labute approximate surface area is 118 Å². The SMILES string of the molecule is Cc1ccsc1S(=O)(=O)Nc1ccc(C(=O)O)cc1F. The fourth-order valence-electron chi connectivity index (χ4n) is 1.56. The van der Waals surface area contributed by atoms with Gasteiger partial charge in [0.1, 0.15) is 10.0 Å². The zero-order chi connectivity index (χ0) is 14.9. The molecule has 0 aliphatic heterocycles. The molecule has 0 radical (unpaired) electrons. The first-order valence-electron chi connectivity index (χ1n) is 5.41. The molecular weight excluding hydrogens is 305 g/mol. The molecule has 0 bridgehead atoms. The highest BCUT2D eigenvalue weighted by molar-refractivity contribution is 7.94. The summed E-state index contributed by atoms with van der Waals surface area (Å²) in [7, 11) is -3.88. The lowest BCUT2D eigenvalue weighted by atomic mass is 10.2. The zero-order valence-corrected chi connectivity index (χ0v) is 11.9. The van der Waals surface area contributed by atoms with E-state index in [0.29, 0.717) is 5.56 Å². The van der Waals surface area contributed by atoms with E-state index in [4.69, 9.17) is 5.11 Å². The van der Waals surface area contributed by atoms with Gasteiger partial charge in [-0.1, -0.05) is 0 Å². The minimum Gasteiger partial charge on any atom is -0.478 e. The van der Waals surface area contributed by atoms with Crippen molar-refractivity contribution in [1.82, 2.24) is 0 Å². The molecule has 0 atom stereocenters. The number of rotatable bonds is 4. The molecule has 1 aromatic heterocycles. The second kappa shape index (κ2) is 5.22. The Morgan fingerprint density at radius 3 is 2.55 bits per heavy atom. The average molecular weight is 315 g/mol. The summed E-state index contributed by atoms with van der Waals surface area (Å²) in [5, 5.41) is 10.3. The zero-order valence-electron chi connectivity index (χ0n) is 10.3. The molecule has 1 heterocycles. The lowest BCUT2D eigenvalue weighted by molar-refractivity contribution is 0.0696. The monoisotopic (exact) mass is 315 g/mol. The van der Waals surface area contributed by atoms with Crippen LogP contribution in [-0.2, 0) is 10.0 Å². The van der Waals surface area contributed by atoms with Crippen molar-refractivity contribution in [2.24, 2.45) is 0 Å². The number of hydrogen-bond acceptors (Lipinski definition) is 4. The van der Waals surface area contributed by atoms with Gasteiger partial charge in [-0.3, -0.25) is 4.72 Å². The standard InChI is InChI=1S/C12H10FNO4S2/c1-7-4-5-19-12(7)20(17,18)14-10-3-2-8(11(15)16)6-9(10)13/h2-6,14H,1H3,(H,15,16). The number of anilines is 1. The minimum absolute atomic E-state index is 0.0965. The molecule has 2 rings (SSSR count). The van der Waals surface area contributed by atoms with E-state index in [0.717, 1.165) is 29.5 Å². The molecule has 0 saturated carbocycles. The van der Waals surface area contributed by atoms with Gasteiger partial charge in [0.15, 0.2) is 0 Å². The number of benzene rings is 1. The molecule has 20 heavy (non-hydrogen) atoms. The Morgan fingerprint density at radius 2 is 2.05 bits per heavy atom. The van der Waals surface area contributed by atoms with Crippen molar-refractivity contribution in [2.75, 3.05) is 4.72 Å². The van der Waals surface area contributed by atoms with Crippen LogP contribution < -0.4 is 4.72 Å². The molecule has 1 aromatic carbocycles.